The fourth-order valence-corrected chi connectivity index (χ4v) is 9.47. The number of halogens is 1. The summed E-state index contributed by atoms with van der Waals surface area (Å²) in [5.74, 6) is 2.64. The lowest BCUT2D eigenvalue weighted by molar-refractivity contribution is 0.0511. The minimum Gasteiger partial charge on any atom is -0.507 e. The number of benzene rings is 2. The highest BCUT2D eigenvalue weighted by Crippen LogP contribution is 2.41. The lowest BCUT2D eigenvalue weighted by Crippen LogP contribution is -2.43. The van der Waals surface area contributed by atoms with E-state index in [4.69, 9.17) is 10.8 Å². The molecule has 28 heavy (non-hydrogen) atoms. The van der Waals surface area contributed by atoms with Crippen molar-refractivity contribution in [2.24, 2.45) is 0 Å². The molecule has 0 heterocycles. The first-order valence-electron chi connectivity index (χ1n) is 10.2. The third kappa shape index (κ3) is 4.18. The number of hydrogen-bond donors (Lipinski definition) is 1. The predicted octanol–water partition coefficient (Wildman–Crippen LogP) is 6.24. The largest absolute Gasteiger partial charge is 0.507 e. The van der Waals surface area contributed by atoms with Crippen molar-refractivity contribution < 1.29 is 20.3 Å². The number of aromatic hydroxyl groups is 1. The quantitative estimate of drug-likeness (QED) is 0.353. The van der Waals surface area contributed by atoms with Crippen LogP contribution in [-0.4, -0.2) is 27.1 Å². The number of rotatable bonds is 6. The number of methoxy groups -OCH3 is 1. The summed E-state index contributed by atoms with van der Waals surface area (Å²) >= 11 is 0. The van der Waals surface area contributed by atoms with Gasteiger partial charge in [-0.15, -0.1) is 5.54 Å². The van der Waals surface area contributed by atoms with Crippen LogP contribution in [0.15, 0.2) is 24.2 Å². The molecule has 0 aliphatic carbocycles. The standard InChI is InChI=1S/C23H31FO3Si/c1-15(2)28(16(3)4,17(5)6)11-10-20-21(24)9-8-18-12-19(27-14-26-7)13-22(25)23(18)20/h8-9,12-13,15-17,25H,14H2,1-7H3/i9D. The Morgan fingerprint density at radius 3 is 2.29 bits per heavy atom. The molecule has 0 amide bonds. The SMILES string of the molecule is [2H]c1cc2cc(OCOC)cc(O)c2c(C#C[Si](C(C)C)(C(C)C)C(C)C)c1F. The molecule has 0 radical (unpaired) electrons. The van der Waals surface area contributed by atoms with Crippen LogP contribution in [0.3, 0.4) is 0 Å². The average Bonchev–Trinajstić information content (AvgIpc) is 2.62. The van der Waals surface area contributed by atoms with Crippen molar-refractivity contribution in [3.05, 3.63) is 35.6 Å². The van der Waals surface area contributed by atoms with Gasteiger partial charge in [0.05, 0.1) is 6.93 Å². The lowest BCUT2D eigenvalue weighted by Gasteiger charge is -2.38. The molecule has 0 unspecified atom stereocenters. The second-order valence-electron chi connectivity index (χ2n) is 8.08. The molecule has 1 N–H and O–H groups in total. The predicted molar refractivity (Wildman–Crippen MR) is 116 cm³/mol. The van der Waals surface area contributed by atoms with Crippen LogP contribution >= 0.6 is 0 Å². The molecule has 5 heteroatoms. The van der Waals surface area contributed by atoms with Crippen LogP contribution in [0.5, 0.6) is 11.5 Å². The van der Waals surface area contributed by atoms with Gasteiger partial charge in [-0.1, -0.05) is 53.5 Å². The number of hydrogen-bond acceptors (Lipinski definition) is 3. The molecular weight excluding hydrogens is 371 g/mol. The Labute approximate surface area is 170 Å². The summed E-state index contributed by atoms with van der Waals surface area (Å²) in [5.41, 5.74) is 4.76. The highest BCUT2D eigenvalue weighted by molar-refractivity contribution is 6.90. The molecule has 0 aliphatic rings. The van der Waals surface area contributed by atoms with Crippen LogP contribution in [0.2, 0.25) is 16.6 Å². The molecule has 0 spiro atoms. The van der Waals surface area contributed by atoms with Crippen LogP contribution in [0.1, 0.15) is 48.5 Å². The van der Waals surface area contributed by atoms with Crippen LogP contribution in [-0.2, 0) is 4.74 Å². The van der Waals surface area contributed by atoms with Crippen molar-refractivity contribution in [1.29, 1.82) is 0 Å². The van der Waals surface area contributed by atoms with Gasteiger partial charge in [0, 0.05) is 18.6 Å². The third-order valence-electron chi connectivity index (χ3n) is 5.56. The minimum atomic E-state index is -2.10. The number of phenolic OH excluding ortho intramolecular Hbond substituents is 1. The number of ether oxygens (including phenoxy) is 2. The Balaban J connectivity index is 2.76. The summed E-state index contributed by atoms with van der Waals surface area (Å²) in [7, 11) is -0.596. The second kappa shape index (κ2) is 8.98. The lowest BCUT2D eigenvalue weighted by atomic mass is 10.0. The summed E-state index contributed by atoms with van der Waals surface area (Å²) in [6, 6.07) is 4.21. The smallest absolute Gasteiger partial charge is 0.188 e. The average molecular weight is 404 g/mol. The molecule has 0 bridgehead atoms. The fourth-order valence-electron chi connectivity index (χ4n) is 4.26. The van der Waals surface area contributed by atoms with E-state index in [1.807, 2.05) is 0 Å². The zero-order chi connectivity index (χ0) is 21.9. The molecule has 0 aromatic heterocycles. The van der Waals surface area contributed by atoms with E-state index in [0.717, 1.165) is 0 Å². The fraction of sp³-hybridized carbons (Fsp3) is 0.478. The summed E-state index contributed by atoms with van der Waals surface area (Å²) < 4.78 is 33.3. The van der Waals surface area contributed by atoms with Crippen LogP contribution in [0.4, 0.5) is 4.39 Å². The van der Waals surface area contributed by atoms with E-state index in [1.165, 1.54) is 19.2 Å². The maximum Gasteiger partial charge on any atom is 0.188 e. The molecule has 0 saturated carbocycles. The zero-order valence-electron chi connectivity index (χ0n) is 18.8. The van der Waals surface area contributed by atoms with Gasteiger partial charge in [-0.3, -0.25) is 0 Å². The van der Waals surface area contributed by atoms with Crippen molar-refractivity contribution in [2.75, 3.05) is 13.9 Å². The van der Waals surface area contributed by atoms with Crippen molar-refractivity contribution in [3.8, 4) is 23.0 Å². The van der Waals surface area contributed by atoms with E-state index < -0.39 is 13.9 Å². The van der Waals surface area contributed by atoms with Crippen molar-refractivity contribution >= 4 is 18.8 Å². The summed E-state index contributed by atoms with van der Waals surface area (Å²) in [6.45, 7) is 13.2. The Kier molecular flexibility index (Phi) is 6.64. The first-order valence-corrected chi connectivity index (χ1v) is 11.9. The van der Waals surface area contributed by atoms with Gasteiger partial charge in [-0.25, -0.2) is 4.39 Å². The van der Waals surface area contributed by atoms with Gasteiger partial charge in [0.25, 0.3) is 0 Å². The Hall–Kier alpha value is -2.03. The van der Waals surface area contributed by atoms with Gasteiger partial charge in [-0.2, -0.15) is 0 Å². The van der Waals surface area contributed by atoms with Crippen LogP contribution in [0, 0.1) is 17.3 Å². The Morgan fingerprint density at radius 2 is 1.75 bits per heavy atom. The van der Waals surface area contributed by atoms with Gasteiger partial charge < -0.3 is 14.6 Å². The monoisotopic (exact) mass is 403 g/mol. The summed E-state index contributed by atoms with van der Waals surface area (Å²) in [6.07, 6.45) is 0. The summed E-state index contributed by atoms with van der Waals surface area (Å²) in [4.78, 5) is 0. The zero-order valence-corrected chi connectivity index (χ0v) is 18.8. The summed E-state index contributed by atoms with van der Waals surface area (Å²) in [5, 5.41) is 11.4. The molecule has 2 aromatic carbocycles. The Bertz CT molecular complexity index is 923. The number of fused-ring (bicyclic) bond motifs is 1. The van der Waals surface area contributed by atoms with E-state index in [-0.39, 0.29) is 24.1 Å². The maximum absolute atomic E-state index is 15.0. The van der Waals surface area contributed by atoms with E-state index >= 15 is 0 Å². The molecular formula is C23H31FO3Si. The Morgan fingerprint density at radius 1 is 1.14 bits per heavy atom. The van der Waals surface area contributed by atoms with Crippen LogP contribution < -0.4 is 4.74 Å². The van der Waals surface area contributed by atoms with Crippen molar-refractivity contribution in [3.63, 3.8) is 0 Å². The van der Waals surface area contributed by atoms with Gasteiger partial charge in [-0.05, 0) is 34.1 Å². The topological polar surface area (TPSA) is 38.7 Å². The number of phenols is 1. The van der Waals surface area contributed by atoms with E-state index in [2.05, 4.69) is 53.0 Å². The minimum absolute atomic E-state index is 0.0256. The normalized spacial score (nSPS) is 12.5. The van der Waals surface area contributed by atoms with E-state index in [0.29, 0.717) is 33.1 Å². The van der Waals surface area contributed by atoms with Crippen LogP contribution in [0.25, 0.3) is 10.8 Å². The van der Waals surface area contributed by atoms with Crippen molar-refractivity contribution in [1.82, 2.24) is 0 Å². The van der Waals surface area contributed by atoms with E-state index in [9.17, 15) is 9.50 Å². The molecule has 152 valence electrons. The molecule has 0 saturated heterocycles. The maximum atomic E-state index is 15.0. The highest BCUT2D eigenvalue weighted by atomic mass is 28.3. The van der Waals surface area contributed by atoms with Gasteiger partial charge in [0.2, 0.25) is 0 Å². The molecule has 0 atom stereocenters. The highest BCUT2D eigenvalue weighted by Gasteiger charge is 2.41. The molecule has 0 aliphatic heterocycles. The second-order valence-corrected chi connectivity index (χ2v) is 13.7. The first-order chi connectivity index (χ1) is 13.6. The molecule has 2 aromatic rings. The third-order valence-corrected chi connectivity index (χ3v) is 11.8. The van der Waals surface area contributed by atoms with Crippen molar-refractivity contribution in [2.45, 2.75) is 58.2 Å². The van der Waals surface area contributed by atoms with E-state index in [1.54, 1.807) is 6.07 Å². The molecule has 3 nitrogen and oxygen atoms in total. The van der Waals surface area contributed by atoms with Gasteiger partial charge in [0.1, 0.15) is 25.4 Å². The molecule has 2 rings (SSSR count). The first kappa shape index (κ1) is 20.7. The van der Waals surface area contributed by atoms with Gasteiger partial charge in [0.15, 0.2) is 6.79 Å². The molecule has 0 fully saturated rings. The van der Waals surface area contributed by atoms with Gasteiger partial charge >= 0.3 is 0 Å².